The zero-order chi connectivity index (χ0) is 27.9. The summed E-state index contributed by atoms with van der Waals surface area (Å²) in [6.45, 7) is 1.95. The van der Waals surface area contributed by atoms with Gasteiger partial charge in [-0.2, -0.15) is 11.8 Å². The number of carbonyl (C=O) groups excluding carboxylic acids is 1. The Morgan fingerprint density at radius 3 is 2.35 bits per heavy atom. The van der Waals surface area contributed by atoms with Crippen LogP contribution in [0.5, 0.6) is 0 Å². The quantitative estimate of drug-likeness (QED) is 0.275. The predicted octanol–water partition coefficient (Wildman–Crippen LogP) is 3.74. The van der Waals surface area contributed by atoms with E-state index in [4.69, 9.17) is 9.15 Å². The van der Waals surface area contributed by atoms with Crippen LogP contribution in [0.15, 0.2) is 83.3 Å². The second-order valence-corrected chi connectivity index (χ2v) is 10.0. The summed E-state index contributed by atoms with van der Waals surface area (Å²) in [6.07, 6.45) is 1.58. The molecule has 202 valence electrons. The van der Waals surface area contributed by atoms with Crippen molar-refractivity contribution in [3.8, 4) is 22.5 Å². The summed E-state index contributed by atoms with van der Waals surface area (Å²) in [6, 6.07) is 21.8. The van der Waals surface area contributed by atoms with Crippen molar-refractivity contribution in [2.45, 2.75) is 25.5 Å². The summed E-state index contributed by atoms with van der Waals surface area (Å²) in [7, 11) is 1.55. The maximum atomic E-state index is 14.3. The second-order valence-electron chi connectivity index (χ2n) is 9.06. The van der Waals surface area contributed by atoms with Crippen molar-refractivity contribution in [3.63, 3.8) is 0 Å². The van der Waals surface area contributed by atoms with Gasteiger partial charge in [0.05, 0.1) is 5.56 Å². The monoisotopic (exact) mass is 554 g/mol. The molecule has 1 aromatic heterocycles. The first-order chi connectivity index (χ1) is 18.8. The topological polar surface area (TPSA) is 88.8 Å². The zero-order valence-electron chi connectivity index (χ0n) is 22.9. The Bertz CT molecular complexity index is 1470. The number of amides is 1. The molecule has 0 bridgehead atoms. The molecule has 0 fully saturated rings. The third-order valence-electron chi connectivity index (χ3n) is 6.50. The Morgan fingerprint density at radius 1 is 1.00 bits per heavy atom. The number of benzene rings is 3. The number of methoxy groups -OCH3 is 1. The molecule has 1 heterocycles. The van der Waals surface area contributed by atoms with E-state index in [0.717, 1.165) is 16.7 Å². The molecule has 4 aromatic rings. The van der Waals surface area contributed by atoms with Crippen LogP contribution in [0.25, 0.3) is 22.5 Å². The molecule has 0 aliphatic heterocycles. The SMILES string of the molecule is COC(c1ccc(C(=O)NC(CCSC)C(=O)O)c(-c2ccccc2C)c1)c1ccc(-c2ccccc2F)o1.[Li+]. The summed E-state index contributed by atoms with van der Waals surface area (Å²) in [5.41, 5.74) is 3.85. The molecule has 0 aliphatic carbocycles. The predicted molar refractivity (Wildman–Crippen MR) is 151 cm³/mol. The fourth-order valence-electron chi connectivity index (χ4n) is 4.47. The number of halogens is 1. The number of ether oxygens (including phenoxy) is 1. The van der Waals surface area contributed by atoms with Crippen LogP contribution in [0.4, 0.5) is 4.39 Å². The first kappa shape index (κ1) is 31.2. The molecule has 0 aliphatic rings. The summed E-state index contributed by atoms with van der Waals surface area (Å²) in [5.74, 6) is -0.468. The van der Waals surface area contributed by atoms with Gasteiger partial charge in [-0.15, -0.1) is 0 Å². The molecule has 40 heavy (non-hydrogen) atoms. The van der Waals surface area contributed by atoms with Crippen molar-refractivity contribution < 1.29 is 47.1 Å². The van der Waals surface area contributed by atoms with E-state index in [2.05, 4.69) is 5.32 Å². The van der Waals surface area contributed by atoms with Crippen molar-refractivity contribution in [3.05, 3.63) is 107 Å². The van der Waals surface area contributed by atoms with Crippen LogP contribution < -0.4 is 24.2 Å². The summed E-state index contributed by atoms with van der Waals surface area (Å²) >= 11 is 1.52. The second kappa shape index (κ2) is 14.4. The summed E-state index contributed by atoms with van der Waals surface area (Å²) in [4.78, 5) is 25.1. The van der Waals surface area contributed by atoms with Gasteiger partial charge < -0.3 is 19.6 Å². The molecular weight excluding hydrogens is 524 g/mol. The smallest absolute Gasteiger partial charge is 0.480 e. The number of furan rings is 1. The van der Waals surface area contributed by atoms with Gasteiger partial charge in [-0.3, -0.25) is 4.79 Å². The minimum Gasteiger partial charge on any atom is -0.480 e. The van der Waals surface area contributed by atoms with Crippen molar-refractivity contribution in [2.75, 3.05) is 19.1 Å². The van der Waals surface area contributed by atoms with Crippen LogP contribution in [0.2, 0.25) is 0 Å². The van der Waals surface area contributed by atoms with E-state index in [1.807, 2.05) is 43.5 Å². The van der Waals surface area contributed by atoms with Crippen LogP contribution in [-0.2, 0) is 9.53 Å². The van der Waals surface area contributed by atoms with E-state index < -0.39 is 24.0 Å². The van der Waals surface area contributed by atoms with Gasteiger partial charge in [0.1, 0.15) is 29.5 Å². The van der Waals surface area contributed by atoms with Crippen LogP contribution >= 0.6 is 11.8 Å². The van der Waals surface area contributed by atoms with Crippen molar-refractivity contribution in [1.82, 2.24) is 5.32 Å². The summed E-state index contributed by atoms with van der Waals surface area (Å²) in [5, 5.41) is 12.3. The third kappa shape index (κ3) is 7.07. The Kier molecular flexibility index (Phi) is 11.2. The zero-order valence-corrected chi connectivity index (χ0v) is 23.8. The van der Waals surface area contributed by atoms with Crippen molar-refractivity contribution >= 4 is 23.6 Å². The first-order valence-corrected chi connectivity index (χ1v) is 13.8. The van der Waals surface area contributed by atoms with Crippen molar-refractivity contribution in [1.29, 1.82) is 0 Å². The van der Waals surface area contributed by atoms with Gasteiger partial charge in [-0.05, 0) is 84.0 Å². The number of carbonyl (C=O) groups is 2. The van der Waals surface area contributed by atoms with Crippen LogP contribution in [0, 0.1) is 12.7 Å². The number of hydrogen-bond acceptors (Lipinski definition) is 5. The van der Waals surface area contributed by atoms with E-state index >= 15 is 0 Å². The number of carboxylic acids is 1. The molecule has 9 heteroatoms. The Hall–Kier alpha value is -3.28. The number of aryl methyl sites for hydroxylation is 1. The molecule has 0 spiro atoms. The molecule has 2 N–H and O–H groups in total. The molecule has 0 radical (unpaired) electrons. The minimum absolute atomic E-state index is 0. The normalized spacial score (nSPS) is 12.3. The van der Waals surface area contributed by atoms with E-state index in [0.29, 0.717) is 40.4 Å². The maximum absolute atomic E-state index is 14.3. The molecule has 2 atom stereocenters. The minimum atomic E-state index is -1.07. The number of aliphatic carboxylic acids is 1. The summed E-state index contributed by atoms with van der Waals surface area (Å²) < 4.78 is 26.1. The van der Waals surface area contributed by atoms with Gasteiger partial charge in [-0.1, -0.05) is 42.5 Å². The molecular formula is C31H30FLiNO5S+. The molecule has 1 amide bonds. The van der Waals surface area contributed by atoms with Gasteiger partial charge >= 0.3 is 24.8 Å². The van der Waals surface area contributed by atoms with Gasteiger partial charge in [0.25, 0.3) is 5.91 Å². The first-order valence-electron chi connectivity index (χ1n) is 12.4. The van der Waals surface area contributed by atoms with Gasteiger partial charge in [-0.25, -0.2) is 9.18 Å². The average Bonchev–Trinajstić information content (AvgIpc) is 3.41. The van der Waals surface area contributed by atoms with Crippen LogP contribution in [0.3, 0.4) is 0 Å². The number of hydrogen-bond donors (Lipinski definition) is 2. The standard InChI is InChI=1S/C31H30FNO5S.Li/c1-19-8-4-5-9-21(19)24-18-20(12-13-22(24)30(34)33-26(31(35)36)16-17-39-3)29(37-2)28-15-14-27(38-28)23-10-6-7-11-25(23)32;/h4-15,18,26,29H,16-17H2,1-3H3,(H,33,34)(H,35,36);/q;+1. The number of nitrogens with one attached hydrogen (secondary N) is 1. The Balaban J connectivity index is 0.00000441. The Labute approximate surface area is 249 Å². The third-order valence-corrected chi connectivity index (χ3v) is 7.14. The Morgan fingerprint density at radius 2 is 1.70 bits per heavy atom. The van der Waals surface area contributed by atoms with E-state index in [1.54, 1.807) is 49.6 Å². The fraction of sp³-hybridized carbons (Fsp3) is 0.226. The van der Waals surface area contributed by atoms with Gasteiger partial charge in [0, 0.05) is 12.7 Å². The molecule has 2 unspecified atom stereocenters. The van der Waals surface area contributed by atoms with Crippen LogP contribution in [0.1, 0.15) is 39.8 Å². The number of thioether (sulfide) groups is 1. The largest absolute Gasteiger partial charge is 1.00 e. The average molecular weight is 555 g/mol. The van der Waals surface area contributed by atoms with E-state index in [-0.39, 0.29) is 24.7 Å². The molecule has 0 saturated carbocycles. The maximum Gasteiger partial charge on any atom is 1.00 e. The van der Waals surface area contributed by atoms with Crippen LogP contribution in [-0.4, -0.2) is 42.1 Å². The molecule has 0 saturated heterocycles. The van der Waals surface area contributed by atoms with Gasteiger partial charge in [0.2, 0.25) is 0 Å². The van der Waals surface area contributed by atoms with E-state index in [1.165, 1.54) is 17.8 Å². The van der Waals surface area contributed by atoms with Gasteiger partial charge in [0.15, 0.2) is 0 Å². The van der Waals surface area contributed by atoms with Crippen molar-refractivity contribution in [2.24, 2.45) is 0 Å². The number of carboxylic acid groups (broad SMARTS) is 1. The molecule has 3 aromatic carbocycles. The van der Waals surface area contributed by atoms with E-state index in [9.17, 15) is 19.1 Å². The molecule has 4 rings (SSSR count). The number of rotatable bonds is 11. The molecule has 6 nitrogen and oxygen atoms in total. The fourth-order valence-corrected chi connectivity index (χ4v) is 4.94.